The van der Waals surface area contributed by atoms with E-state index in [1.165, 1.54) is 0 Å². The lowest BCUT2D eigenvalue weighted by Crippen LogP contribution is -2.29. The van der Waals surface area contributed by atoms with Crippen molar-refractivity contribution in [1.82, 2.24) is 9.55 Å². The molecular formula is C21H19N3O2. The quantitative estimate of drug-likeness (QED) is 0.572. The number of hydrogen-bond acceptors (Lipinski definition) is 4. The largest absolute Gasteiger partial charge is 0.458 e. The summed E-state index contributed by atoms with van der Waals surface area (Å²) >= 11 is 0. The van der Waals surface area contributed by atoms with Crippen LogP contribution < -0.4 is 5.32 Å². The number of hydrogen-bond donors (Lipinski definition) is 1. The third kappa shape index (κ3) is 2.58. The summed E-state index contributed by atoms with van der Waals surface area (Å²) in [6.07, 6.45) is 1.57. The molecule has 0 aliphatic carbocycles. The Morgan fingerprint density at radius 2 is 1.96 bits per heavy atom. The maximum absolute atomic E-state index is 12.8. The van der Waals surface area contributed by atoms with Gasteiger partial charge in [-0.1, -0.05) is 55.1 Å². The minimum absolute atomic E-state index is 0.175. The van der Waals surface area contributed by atoms with Crippen LogP contribution in [0.4, 0.5) is 5.95 Å². The van der Waals surface area contributed by atoms with Crippen molar-refractivity contribution < 1.29 is 9.53 Å². The van der Waals surface area contributed by atoms with E-state index in [2.05, 4.69) is 21.4 Å². The maximum Gasteiger partial charge on any atom is 0.338 e. The van der Waals surface area contributed by atoms with E-state index in [4.69, 9.17) is 4.74 Å². The van der Waals surface area contributed by atoms with Crippen LogP contribution in [-0.4, -0.2) is 22.1 Å². The Morgan fingerprint density at radius 1 is 1.23 bits per heavy atom. The molecule has 1 atom stereocenters. The van der Waals surface area contributed by atoms with Crippen molar-refractivity contribution in [2.45, 2.75) is 13.0 Å². The van der Waals surface area contributed by atoms with E-state index in [1.54, 1.807) is 6.08 Å². The molecule has 1 aromatic heterocycles. The molecule has 130 valence electrons. The zero-order chi connectivity index (χ0) is 18.1. The first-order valence-corrected chi connectivity index (χ1v) is 8.48. The fourth-order valence-corrected chi connectivity index (χ4v) is 3.39. The Morgan fingerprint density at radius 3 is 2.73 bits per heavy atom. The lowest BCUT2D eigenvalue weighted by Gasteiger charge is -2.30. The molecule has 0 saturated carbocycles. The lowest BCUT2D eigenvalue weighted by atomic mass is 9.95. The second-order valence-electron chi connectivity index (χ2n) is 6.16. The number of aromatic nitrogens is 2. The molecule has 5 heteroatoms. The number of rotatable bonds is 4. The van der Waals surface area contributed by atoms with Crippen LogP contribution in [0.15, 0.2) is 78.5 Å². The van der Waals surface area contributed by atoms with E-state index in [9.17, 15) is 4.79 Å². The fourth-order valence-electron chi connectivity index (χ4n) is 3.39. The first-order chi connectivity index (χ1) is 12.7. The highest BCUT2D eigenvalue weighted by Crippen LogP contribution is 2.39. The van der Waals surface area contributed by atoms with Gasteiger partial charge in [-0.15, -0.1) is 0 Å². The topological polar surface area (TPSA) is 56.1 Å². The van der Waals surface area contributed by atoms with Gasteiger partial charge in [0.05, 0.1) is 22.6 Å². The van der Waals surface area contributed by atoms with Crippen molar-refractivity contribution in [1.29, 1.82) is 0 Å². The van der Waals surface area contributed by atoms with Crippen molar-refractivity contribution >= 4 is 23.0 Å². The Kier molecular flexibility index (Phi) is 4.05. The molecule has 1 aliphatic rings. The van der Waals surface area contributed by atoms with E-state index < -0.39 is 0 Å². The van der Waals surface area contributed by atoms with Crippen LogP contribution in [0.3, 0.4) is 0 Å². The number of nitrogens with one attached hydrogen (secondary N) is 1. The predicted molar refractivity (Wildman–Crippen MR) is 102 cm³/mol. The summed E-state index contributed by atoms with van der Waals surface area (Å²) in [5.74, 6) is 0.366. The molecular weight excluding hydrogens is 326 g/mol. The number of carbonyl (C=O) groups excluding carboxylic acids is 1. The number of fused-ring (bicyclic) bond motifs is 3. The molecule has 4 rings (SSSR count). The van der Waals surface area contributed by atoms with Gasteiger partial charge in [-0.2, -0.15) is 0 Å². The molecule has 26 heavy (non-hydrogen) atoms. The second kappa shape index (κ2) is 6.52. The van der Waals surface area contributed by atoms with Crippen molar-refractivity contribution in [3.63, 3.8) is 0 Å². The minimum Gasteiger partial charge on any atom is -0.458 e. The number of carbonyl (C=O) groups is 1. The van der Waals surface area contributed by atoms with E-state index in [-0.39, 0.29) is 18.6 Å². The van der Waals surface area contributed by atoms with Gasteiger partial charge in [0.1, 0.15) is 6.61 Å². The van der Waals surface area contributed by atoms with Crippen LogP contribution in [-0.2, 0) is 9.53 Å². The number of anilines is 1. The standard InChI is InChI=1S/C21H19N3O2/c1-3-13-26-20(25)18-14(2)22-21-23-16-11-7-8-12-17(16)24(21)19(18)15-9-5-4-6-10-15/h3-12,19H,1,13H2,2H3,(H,22,23)/t19-/m0/s1. The Hall–Kier alpha value is -3.34. The van der Waals surface area contributed by atoms with Crippen LogP contribution in [0, 0.1) is 0 Å². The highest BCUT2D eigenvalue weighted by atomic mass is 16.5. The van der Waals surface area contributed by atoms with E-state index in [0.29, 0.717) is 5.57 Å². The highest BCUT2D eigenvalue weighted by molar-refractivity contribution is 5.94. The molecule has 3 aromatic rings. The van der Waals surface area contributed by atoms with Crippen LogP contribution in [0.5, 0.6) is 0 Å². The SMILES string of the molecule is C=CCOC(=O)C1=C(C)Nc2nc3ccccc3n2[C@H]1c1ccccc1. The number of imidazole rings is 1. The van der Waals surface area contributed by atoms with E-state index >= 15 is 0 Å². The average molecular weight is 345 g/mol. The Balaban J connectivity index is 1.94. The van der Waals surface area contributed by atoms with Crippen LogP contribution in [0.2, 0.25) is 0 Å². The molecule has 0 unspecified atom stereocenters. The Labute approximate surface area is 151 Å². The average Bonchev–Trinajstić information content (AvgIpc) is 3.03. The van der Waals surface area contributed by atoms with Gasteiger partial charge in [0.25, 0.3) is 0 Å². The second-order valence-corrected chi connectivity index (χ2v) is 6.16. The van der Waals surface area contributed by atoms with Gasteiger partial charge in [0.15, 0.2) is 0 Å². The van der Waals surface area contributed by atoms with Crippen LogP contribution >= 0.6 is 0 Å². The van der Waals surface area contributed by atoms with Crippen molar-refractivity contribution in [2.75, 3.05) is 11.9 Å². The number of para-hydroxylation sites is 2. The van der Waals surface area contributed by atoms with Gasteiger partial charge >= 0.3 is 5.97 Å². The molecule has 0 spiro atoms. The smallest absolute Gasteiger partial charge is 0.338 e. The number of nitrogens with zero attached hydrogens (tertiary/aromatic N) is 2. The third-order valence-corrected chi connectivity index (χ3v) is 4.50. The summed E-state index contributed by atoms with van der Waals surface area (Å²) in [4.78, 5) is 17.5. The summed E-state index contributed by atoms with van der Waals surface area (Å²) in [5.41, 5.74) is 4.17. The van der Waals surface area contributed by atoms with Gasteiger partial charge in [0.2, 0.25) is 5.95 Å². The molecule has 0 fully saturated rings. The number of ether oxygens (including phenoxy) is 1. The molecule has 0 amide bonds. The summed E-state index contributed by atoms with van der Waals surface area (Å²) in [6, 6.07) is 17.5. The van der Waals surface area contributed by atoms with Gasteiger partial charge in [-0.05, 0) is 24.6 Å². The van der Waals surface area contributed by atoms with E-state index in [1.807, 2.05) is 61.5 Å². The predicted octanol–water partition coefficient (Wildman–Crippen LogP) is 4.05. The molecule has 2 aromatic carbocycles. The van der Waals surface area contributed by atoms with Gasteiger partial charge in [-0.25, -0.2) is 9.78 Å². The molecule has 2 heterocycles. The minimum atomic E-state index is -0.354. The van der Waals surface area contributed by atoms with E-state index in [0.717, 1.165) is 28.2 Å². The van der Waals surface area contributed by atoms with Crippen LogP contribution in [0.1, 0.15) is 18.5 Å². The number of esters is 1. The highest BCUT2D eigenvalue weighted by Gasteiger charge is 2.34. The maximum atomic E-state index is 12.8. The zero-order valence-corrected chi connectivity index (χ0v) is 14.5. The first-order valence-electron chi connectivity index (χ1n) is 8.48. The fraction of sp³-hybridized carbons (Fsp3) is 0.143. The lowest BCUT2D eigenvalue weighted by molar-refractivity contribution is -0.138. The first kappa shape index (κ1) is 16.1. The Bertz CT molecular complexity index is 1020. The van der Waals surface area contributed by atoms with Crippen molar-refractivity contribution in [3.05, 3.63) is 84.1 Å². The molecule has 1 aliphatic heterocycles. The third-order valence-electron chi connectivity index (χ3n) is 4.50. The molecule has 0 radical (unpaired) electrons. The van der Waals surface area contributed by atoms with Crippen LogP contribution in [0.25, 0.3) is 11.0 Å². The molecule has 0 saturated heterocycles. The summed E-state index contributed by atoms with van der Waals surface area (Å²) in [7, 11) is 0. The number of benzene rings is 2. The normalized spacial score (nSPS) is 16.1. The molecule has 1 N–H and O–H groups in total. The van der Waals surface area contributed by atoms with Gasteiger partial charge < -0.3 is 10.1 Å². The summed E-state index contributed by atoms with van der Waals surface area (Å²) < 4.78 is 7.43. The van der Waals surface area contributed by atoms with Crippen molar-refractivity contribution in [3.8, 4) is 0 Å². The van der Waals surface area contributed by atoms with Gasteiger partial charge in [-0.3, -0.25) is 4.57 Å². The monoisotopic (exact) mass is 345 g/mol. The number of allylic oxidation sites excluding steroid dienone is 1. The molecule has 5 nitrogen and oxygen atoms in total. The molecule has 0 bridgehead atoms. The van der Waals surface area contributed by atoms with Gasteiger partial charge in [0, 0.05) is 5.70 Å². The zero-order valence-electron chi connectivity index (χ0n) is 14.5. The summed E-state index contributed by atoms with van der Waals surface area (Å²) in [5, 5.41) is 3.26. The van der Waals surface area contributed by atoms with Crippen molar-refractivity contribution in [2.24, 2.45) is 0 Å². The summed E-state index contributed by atoms with van der Waals surface area (Å²) in [6.45, 7) is 5.67.